The second-order valence-electron chi connectivity index (χ2n) is 5.03. The molecule has 1 fully saturated rings. The molecule has 0 spiro atoms. The van der Waals surface area contributed by atoms with E-state index in [1.807, 2.05) is 6.07 Å². The number of piperidine rings is 1. The van der Waals surface area contributed by atoms with E-state index in [1.165, 1.54) is 31.9 Å². The molecule has 1 aliphatic rings. The largest absolute Gasteiger partial charge is 0.465 e. The van der Waals surface area contributed by atoms with Gasteiger partial charge in [-0.1, -0.05) is 34.5 Å². The first kappa shape index (κ1) is 14.5. The Kier molecular flexibility index (Phi) is 4.99. The summed E-state index contributed by atoms with van der Waals surface area (Å²) in [4.78, 5) is 14.1. The average Bonchev–Trinajstić information content (AvgIpc) is 2.46. The Morgan fingerprint density at radius 2 is 2.26 bits per heavy atom. The number of nitrogens with zero attached hydrogens (tertiary/aromatic N) is 1. The summed E-state index contributed by atoms with van der Waals surface area (Å²) in [6.45, 7) is 1.15. The predicted molar refractivity (Wildman–Crippen MR) is 79.6 cm³/mol. The van der Waals surface area contributed by atoms with Crippen LogP contribution < -0.4 is 0 Å². The third-order valence-corrected chi connectivity index (χ3v) is 4.44. The van der Waals surface area contributed by atoms with E-state index in [-0.39, 0.29) is 5.97 Å². The fourth-order valence-electron chi connectivity index (χ4n) is 2.74. The molecule has 1 saturated heterocycles. The Hall–Kier alpha value is -0.870. The fraction of sp³-hybridized carbons (Fsp3) is 0.533. The van der Waals surface area contributed by atoms with E-state index in [0.717, 1.165) is 12.1 Å². The first-order valence-corrected chi connectivity index (χ1v) is 7.77. The first-order chi connectivity index (χ1) is 9.17. The van der Waals surface area contributed by atoms with Gasteiger partial charge in [-0.05, 0) is 43.6 Å². The number of likely N-dealkylation sites (tertiary alicyclic amines) is 1. The topological polar surface area (TPSA) is 29.5 Å². The Balaban J connectivity index is 2.30. The number of rotatable bonds is 3. The van der Waals surface area contributed by atoms with Gasteiger partial charge in [-0.3, -0.25) is 4.90 Å². The van der Waals surface area contributed by atoms with Gasteiger partial charge in [-0.2, -0.15) is 0 Å². The summed E-state index contributed by atoms with van der Waals surface area (Å²) in [7, 11) is 3.59. The second kappa shape index (κ2) is 6.53. The van der Waals surface area contributed by atoms with Gasteiger partial charge < -0.3 is 4.74 Å². The first-order valence-electron chi connectivity index (χ1n) is 6.64. The molecule has 0 unspecified atom stereocenters. The SMILES string of the molecule is COC(=O)c1ccc([C@H]2CCCCN2C)cc1CBr. The lowest BCUT2D eigenvalue weighted by atomic mass is 9.93. The second-order valence-corrected chi connectivity index (χ2v) is 5.59. The van der Waals surface area contributed by atoms with Gasteiger partial charge in [0.1, 0.15) is 0 Å². The van der Waals surface area contributed by atoms with Crippen molar-refractivity contribution in [2.45, 2.75) is 30.6 Å². The third kappa shape index (κ3) is 3.18. The normalized spacial score (nSPS) is 20.3. The maximum absolute atomic E-state index is 11.7. The standard InChI is InChI=1S/C15H20BrNO2/c1-17-8-4-3-5-14(17)11-6-7-13(15(18)19-2)12(9-11)10-16/h6-7,9,14H,3-5,8,10H2,1-2H3/t14-/m1/s1. The molecule has 0 aliphatic carbocycles. The molecule has 1 heterocycles. The van der Waals surface area contributed by atoms with Crippen LogP contribution in [0.4, 0.5) is 0 Å². The number of carbonyl (C=O) groups is 1. The summed E-state index contributed by atoms with van der Waals surface area (Å²) in [5.74, 6) is -0.266. The number of halogens is 1. The molecule has 4 heteroatoms. The molecule has 0 saturated carbocycles. The zero-order valence-electron chi connectivity index (χ0n) is 11.5. The number of alkyl halides is 1. The summed E-state index contributed by atoms with van der Waals surface area (Å²) in [5.41, 5.74) is 2.95. The number of methoxy groups -OCH3 is 1. The molecular formula is C15H20BrNO2. The highest BCUT2D eigenvalue weighted by Crippen LogP contribution is 2.31. The van der Waals surface area contributed by atoms with Crippen molar-refractivity contribution >= 4 is 21.9 Å². The van der Waals surface area contributed by atoms with Crippen molar-refractivity contribution in [3.8, 4) is 0 Å². The van der Waals surface area contributed by atoms with Gasteiger partial charge in [-0.15, -0.1) is 0 Å². The smallest absolute Gasteiger partial charge is 0.338 e. The Morgan fingerprint density at radius 3 is 2.89 bits per heavy atom. The highest BCUT2D eigenvalue weighted by Gasteiger charge is 2.22. The Bertz CT molecular complexity index is 461. The molecule has 3 nitrogen and oxygen atoms in total. The number of esters is 1. The molecule has 19 heavy (non-hydrogen) atoms. The highest BCUT2D eigenvalue weighted by atomic mass is 79.9. The molecule has 0 radical (unpaired) electrons. The third-order valence-electron chi connectivity index (χ3n) is 3.83. The van der Waals surface area contributed by atoms with Gasteiger partial charge in [-0.25, -0.2) is 4.79 Å². The molecule has 1 aromatic rings. The maximum Gasteiger partial charge on any atom is 0.338 e. The summed E-state index contributed by atoms with van der Waals surface area (Å²) < 4.78 is 4.82. The number of hydrogen-bond acceptors (Lipinski definition) is 3. The van der Waals surface area contributed by atoms with Crippen molar-refractivity contribution in [1.82, 2.24) is 4.90 Å². The van der Waals surface area contributed by atoms with Gasteiger partial charge in [0, 0.05) is 11.4 Å². The van der Waals surface area contributed by atoms with Crippen LogP contribution in [0.1, 0.15) is 46.8 Å². The van der Waals surface area contributed by atoms with Crippen molar-refractivity contribution < 1.29 is 9.53 Å². The lowest BCUT2D eigenvalue weighted by Gasteiger charge is -2.33. The van der Waals surface area contributed by atoms with Gasteiger partial charge in [0.05, 0.1) is 12.7 Å². The number of benzene rings is 1. The average molecular weight is 326 g/mol. The Labute approximate surface area is 123 Å². The lowest BCUT2D eigenvalue weighted by Crippen LogP contribution is -2.29. The van der Waals surface area contributed by atoms with Crippen molar-refractivity contribution in [1.29, 1.82) is 0 Å². The zero-order chi connectivity index (χ0) is 13.8. The van der Waals surface area contributed by atoms with Gasteiger partial charge >= 0.3 is 5.97 Å². The Morgan fingerprint density at radius 1 is 1.47 bits per heavy atom. The molecule has 0 amide bonds. The highest BCUT2D eigenvalue weighted by molar-refractivity contribution is 9.08. The number of hydrogen-bond donors (Lipinski definition) is 0. The molecule has 2 rings (SSSR count). The quantitative estimate of drug-likeness (QED) is 0.629. The minimum atomic E-state index is -0.266. The van der Waals surface area contributed by atoms with E-state index in [1.54, 1.807) is 0 Å². The van der Waals surface area contributed by atoms with Crippen LogP contribution in [0.5, 0.6) is 0 Å². The minimum Gasteiger partial charge on any atom is -0.465 e. The molecule has 1 aromatic carbocycles. The van der Waals surface area contributed by atoms with Crippen LogP contribution in [-0.2, 0) is 10.1 Å². The van der Waals surface area contributed by atoms with Crippen molar-refractivity contribution in [2.24, 2.45) is 0 Å². The lowest BCUT2D eigenvalue weighted by molar-refractivity contribution is 0.0599. The van der Waals surface area contributed by atoms with E-state index in [4.69, 9.17) is 4.74 Å². The van der Waals surface area contributed by atoms with Crippen LogP contribution >= 0.6 is 15.9 Å². The molecule has 104 valence electrons. The van der Waals surface area contributed by atoms with Crippen LogP contribution in [0.25, 0.3) is 0 Å². The maximum atomic E-state index is 11.7. The number of ether oxygens (including phenoxy) is 1. The zero-order valence-corrected chi connectivity index (χ0v) is 13.1. The van der Waals surface area contributed by atoms with E-state index < -0.39 is 0 Å². The van der Waals surface area contributed by atoms with Gasteiger partial charge in [0.15, 0.2) is 0 Å². The summed E-state index contributed by atoms with van der Waals surface area (Å²) in [6.07, 6.45) is 3.74. The molecule has 0 bridgehead atoms. The van der Waals surface area contributed by atoms with Gasteiger partial charge in [0.2, 0.25) is 0 Å². The fourth-order valence-corrected chi connectivity index (χ4v) is 3.20. The molecule has 0 aromatic heterocycles. The van der Waals surface area contributed by atoms with Crippen LogP contribution in [-0.4, -0.2) is 31.6 Å². The molecule has 1 atom stereocenters. The van der Waals surface area contributed by atoms with E-state index >= 15 is 0 Å². The minimum absolute atomic E-state index is 0.266. The van der Waals surface area contributed by atoms with Crippen LogP contribution in [0.3, 0.4) is 0 Å². The van der Waals surface area contributed by atoms with Gasteiger partial charge in [0.25, 0.3) is 0 Å². The predicted octanol–water partition coefficient (Wildman–Crippen LogP) is 3.52. The monoisotopic (exact) mass is 325 g/mol. The van der Waals surface area contributed by atoms with E-state index in [2.05, 4.69) is 40.0 Å². The number of carbonyl (C=O) groups excluding carboxylic acids is 1. The molecular weight excluding hydrogens is 306 g/mol. The molecule has 1 aliphatic heterocycles. The van der Waals surface area contributed by atoms with E-state index in [0.29, 0.717) is 16.9 Å². The van der Waals surface area contributed by atoms with Crippen LogP contribution in [0.2, 0.25) is 0 Å². The van der Waals surface area contributed by atoms with Crippen molar-refractivity contribution in [3.63, 3.8) is 0 Å². The van der Waals surface area contributed by atoms with Crippen LogP contribution in [0, 0.1) is 0 Å². The van der Waals surface area contributed by atoms with Crippen molar-refractivity contribution in [3.05, 3.63) is 34.9 Å². The summed E-state index contributed by atoms with van der Waals surface area (Å²) in [6, 6.07) is 6.55. The summed E-state index contributed by atoms with van der Waals surface area (Å²) in [5, 5.41) is 0.668. The van der Waals surface area contributed by atoms with Crippen molar-refractivity contribution in [2.75, 3.05) is 20.7 Å². The van der Waals surface area contributed by atoms with Crippen LogP contribution in [0.15, 0.2) is 18.2 Å². The molecule has 0 N–H and O–H groups in total. The summed E-state index contributed by atoms with van der Waals surface area (Å²) >= 11 is 3.46. The van der Waals surface area contributed by atoms with E-state index in [9.17, 15) is 4.79 Å².